The van der Waals surface area contributed by atoms with Gasteiger partial charge in [-0.05, 0) is 43.4 Å². The number of hydrogen-bond acceptors (Lipinski definition) is 4. The van der Waals surface area contributed by atoms with Gasteiger partial charge in [0, 0.05) is 32.3 Å². The number of aryl methyl sites for hydroxylation is 1. The highest BCUT2D eigenvalue weighted by Crippen LogP contribution is 2.52. The molecule has 0 N–H and O–H groups in total. The molecule has 2 aromatic heterocycles. The topological polar surface area (TPSA) is 46.8 Å². The Hall–Kier alpha value is -2.69. The largest absolute Gasteiger partial charge is 0.356 e. The molecule has 1 saturated heterocycles. The van der Waals surface area contributed by atoms with Crippen molar-refractivity contribution in [1.82, 2.24) is 19.7 Å². The van der Waals surface area contributed by atoms with Gasteiger partial charge in [0.25, 0.3) is 0 Å². The molecule has 1 saturated carbocycles. The van der Waals surface area contributed by atoms with Crippen molar-refractivity contribution in [2.45, 2.75) is 37.0 Å². The van der Waals surface area contributed by atoms with E-state index >= 15 is 0 Å². The number of aromatic nitrogens is 4. The number of anilines is 1. The first kappa shape index (κ1) is 16.5. The number of pyridine rings is 1. The van der Waals surface area contributed by atoms with Crippen molar-refractivity contribution in [3.63, 3.8) is 0 Å². The van der Waals surface area contributed by atoms with Crippen LogP contribution in [0, 0.1) is 0 Å². The van der Waals surface area contributed by atoms with Gasteiger partial charge in [-0.2, -0.15) is 5.10 Å². The summed E-state index contributed by atoms with van der Waals surface area (Å²) in [5.74, 6) is 3.58. The van der Waals surface area contributed by atoms with Gasteiger partial charge in [0.05, 0.1) is 5.41 Å². The molecule has 5 heteroatoms. The summed E-state index contributed by atoms with van der Waals surface area (Å²) in [5.41, 5.74) is 1.38. The minimum Gasteiger partial charge on any atom is -0.356 e. The minimum atomic E-state index is 0.0343. The molecule has 2 aliphatic rings. The van der Waals surface area contributed by atoms with Crippen molar-refractivity contribution in [3.05, 3.63) is 71.9 Å². The third-order valence-corrected chi connectivity index (χ3v) is 6.06. The average Bonchev–Trinajstić information content (AvgIpc) is 3.46. The molecule has 5 rings (SSSR count). The Morgan fingerprint density at radius 3 is 2.59 bits per heavy atom. The molecule has 0 unspecified atom stereocenters. The summed E-state index contributed by atoms with van der Waals surface area (Å²) >= 11 is 0. The summed E-state index contributed by atoms with van der Waals surface area (Å²) < 4.78 is 2.02. The smallest absolute Gasteiger partial charge is 0.161 e. The summed E-state index contributed by atoms with van der Waals surface area (Å²) in [7, 11) is 2.05. The number of hydrogen-bond donors (Lipinski definition) is 0. The predicted molar refractivity (Wildman–Crippen MR) is 106 cm³/mol. The SMILES string of the molecule is Cn1nc(C2(c3ccccc3)CC2)nc1[C@@H]1CCCN(c2ccccn2)C1. The lowest BCUT2D eigenvalue weighted by molar-refractivity contribution is 0.472. The normalized spacial score (nSPS) is 21.2. The molecule has 1 aliphatic carbocycles. The van der Waals surface area contributed by atoms with Crippen LogP contribution < -0.4 is 4.90 Å². The molecule has 0 spiro atoms. The molecule has 1 aliphatic heterocycles. The third-order valence-electron chi connectivity index (χ3n) is 6.06. The van der Waals surface area contributed by atoms with E-state index < -0.39 is 0 Å². The second kappa shape index (κ2) is 6.48. The van der Waals surface area contributed by atoms with Gasteiger partial charge in [0.1, 0.15) is 11.6 Å². The highest BCUT2D eigenvalue weighted by Gasteiger charge is 2.49. The maximum atomic E-state index is 5.08. The first-order valence-corrected chi connectivity index (χ1v) is 9.89. The zero-order chi connectivity index (χ0) is 18.3. The number of benzene rings is 1. The first-order valence-electron chi connectivity index (χ1n) is 9.89. The monoisotopic (exact) mass is 359 g/mol. The van der Waals surface area contributed by atoms with E-state index in [1.165, 1.54) is 5.56 Å². The summed E-state index contributed by atoms with van der Waals surface area (Å²) in [6.07, 6.45) is 6.48. The summed E-state index contributed by atoms with van der Waals surface area (Å²) in [5, 5.41) is 4.87. The fourth-order valence-electron chi connectivity index (χ4n) is 4.42. The van der Waals surface area contributed by atoms with E-state index in [1.807, 2.05) is 24.0 Å². The van der Waals surface area contributed by atoms with E-state index in [2.05, 4.69) is 52.3 Å². The summed E-state index contributed by atoms with van der Waals surface area (Å²) in [4.78, 5) is 12.0. The Morgan fingerprint density at radius 1 is 1.04 bits per heavy atom. The predicted octanol–water partition coefficient (Wildman–Crippen LogP) is 3.67. The lowest BCUT2D eigenvalue weighted by Crippen LogP contribution is -2.35. The highest BCUT2D eigenvalue weighted by molar-refractivity contribution is 5.40. The number of nitrogens with zero attached hydrogens (tertiary/aromatic N) is 5. The van der Waals surface area contributed by atoms with E-state index in [1.54, 1.807) is 0 Å². The van der Waals surface area contributed by atoms with Crippen LogP contribution in [0.1, 0.15) is 48.8 Å². The molecule has 3 aromatic rings. The number of piperidine rings is 1. The van der Waals surface area contributed by atoms with Crippen LogP contribution in [0.3, 0.4) is 0 Å². The van der Waals surface area contributed by atoms with Crippen LogP contribution in [0.4, 0.5) is 5.82 Å². The van der Waals surface area contributed by atoms with Gasteiger partial charge in [-0.15, -0.1) is 0 Å². The zero-order valence-electron chi connectivity index (χ0n) is 15.8. The second-order valence-corrected chi connectivity index (χ2v) is 7.84. The van der Waals surface area contributed by atoms with E-state index in [0.29, 0.717) is 5.92 Å². The minimum absolute atomic E-state index is 0.0343. The molecule has 1 atom stereocenters. The highest BCUT2D eigenvalue weighted by atomic mass is 15.3. The third kappa shape index (κ3) is 2.91. The van der Waals surface area contributed by atoms with Crippen LogP contribution in [0.5, 0.6) is 0 Å². The summed E-state index contributed by atoms with van der Waals surface area (Å²) in [6.45, 7) is 2.02. The quantitative estimate of drug-likeness (QED) is 0.713. The van der Waals surface area contributed by atoms with Crippen LogP contribution in [0.25, 0.3) is 0 Å². The Morgan fingerprint density at radius 2 is 1.85 bits per heavy atom. The van der Waals surface area contributed by atoms with Gasteiger partial charge in [0.15, 0.2) is 5.82 Å². The van der Waals surface area contributed by atoms with Gasteiger partial charge in [-0.1, -0.05) is 36.4 Å². The van der Waals surface area contributed by atoms with E-state index in [-0.39, 0.29) is 5.41 Å². The van der Waals surface area contributed by atoms with Crippen LogP contribution >= 0.6 is 0 Å². The molecule has 0 radical (unpaired) electrons. The van der Waals surface area contributed by atoms with Crippen molar-refractivity contribution in [2.24, 2.45) is 7.05 Å². The van der Waals surface area contributed by atoms with Crippen molar-refractivity contribution < 1.29 is 0 Å². The van der Waals surface area contributed by atoms with Crippen molar-refractivity contribution in [3.8, 4) is 0 Å². The molecular formula is C22H25N5. The van der Waals surface area contributed by atoms with Crippen molar-refractivity contribution in [1.29, 1.82) is 0 Å². The van der Waals surface area contributed by atoms with Crippen LogP contribution in [-0.4, -0.2) is 32.8 Å². The fraction of sp³-hybridized carbons (Fsp3) is 0.409. The molecule has 0 amide bonds. The molecule has 5 nitrogen and oxygen atoms in total. The van der Waals surface area contributed by atoms with Crippen LogP contribution in [0.15, 0.2) is 54.7 Å². The van der Waals surface area contributed by atoms with Crippen LogP contribution in [-0.2, 0) is 12.5 Å². The van der Waals surface area contributed by atoms with E-state index in [4.69, 9.17) is 10.1 Å². The fourth-order valence-corrected chi connectivity index (χ4v) is 4.42. The van der Waals surface area contributed by atoms with E-state index in [9.17, 15) is 0 Å². The first-order chi connectivity index (χ1) is 13.3. The number of rotatable bonds is 4. The molecule has 3 heterocycles. The van der Waals surface area contributed by atoms with Gasteiger partial charge in [-0.3, -0.25) is 4.68 Å². The zero-order valence-corrected chi connectivity index (χ0v) is 15.8. The molecule has 2 fully saturated rings. The average molecular weight is 359 g/mol. The maximum Gasteiger partial charge on any atom is 0.161 e. The van der Waals surface area contributed by atoms with Gasteiger partial charge < -0.3 is 4.90 Å². The maximum absolute atomic E-state index is 5.08. The lowest BCUT2D eigenvalue weighted by atomic mass is 9.95. The molecule has 1 aromatic carbocycles. The Labute approximate surface area is 160 Å². The Bertz CT molecular complexity index is 914. The second-order valence-electron chi connectivity index (χ2n) is 7.84. The molecular weight excluding hydrogens is 334 g/mol. The molecule has 0 bridgehead atoms. The van der Waals surface area contributed by atoms with Crippen molar-refractivity contribution in [2.75, 3.05) is 18.0 Å². The Kier molecular flexibility index (Phi) is 3.96. The molecule has 138 valence electrons. The van der Waals surface area contributed by atoms with Crippen LogP contribution in [0.2, 0.25) is 0 Å². The van der Waals surface area contributed by atoms with Gasteiger partial charge >= 0.3 is 0 Å². The van der Waals surface area contributed by atoms with Gasteiger partial charge in [0.2, 0.25) is 0 Å². The lowest BCUT2D eigenvalue weighted by Gasteiger charge is -2.33. The summed E-state index contributed by atoms with van der Waals surface area (Å²) in [6, 6.07) is 16.9. The Balaban J connectivity index is 1.42. The van der Waals surface area contributed by atoms with E-state index in [0.717, 1.165) is 56.2 Å². The van der Waals surface area contributed by atoms with Crippen molar-refractivity contribution >= 4 is 5.82 Å². The molecule has 27 heavy (non-hydrogen) atoms. The standard InChI is InChI=1S/C22H25N5/c1-26-20(17-8-7-15-27(16-17)19-11-5-6-14-23-19)24-21(25-26)22(12-13-22)18-9-3-2-4-10-18/h2-6,9-11,14,17H,7-8,12-13,15-16H2,1H3/t17-/m1/s1. The van der Waals surface area contributed by atoms with Gasteiger partial charge in [-0.25, -0.2) is 9.97 Å².